The van der Waals surface area contributed by atoms with E-state index in [9.17, 15) is 5.11 Å². The van der Waals surface area contributed by atoms with Crippen molar-refractivity contribution in [2.75, 3.05) is 13.2 Å². The Bertz CT molecular complexity index is 351. The minimum atomic E-state index is -0.475. The van der Waals surface area contributed by atoms with Gasteiger partial charge in [0.1, 0.15) is 0 Å². The molecule has 2 N–H and O–H groups in total. The summed E-state index contributed by atoms with van der Waals surface area (Å²) >= 11 is 0. The Kier molecular flexibility index (Phi) is 6.49. The fraction of sp³-hybridized carbons (Fsp3) is 0.625. The van der Waals surface area contributed by atoms with Crippen molar-refractivity contribution in [2.24, 2.45) is 0 Å². The van der Waals surface area contributed by atoms with Crippen LogP contribution in [0.15, 0.2) is 30.3 Å². The first-order chi connectivity index (χ1) is 8.94. The SMILES string of the molecule is CCC(C)(C)NCC(O)COC(C)c1ccccc1. The van der Waals surface area contributed by atoms with E-state index in [0.29, 0.717) is 13.2 Å². The summed E-state index contributed by atoms with van der Waals surface area (Å²) in [6.45, 7) is 9.31. The summed E-state index contributed by atoms with van der Waals surface area (Å²) in [5, 5.41) is 13.3. The minimum absolute atomic E-state index is 0.00929. The fourth-order valence-corrected chi connectivity index (χ4v) is 1.65. The van der Waals surface area contributed by atoms with E-state index < -0.39 is 6.10 Å². The third-order valence-corrected chi connectivity index (χ3v) is 3.51. The van der Waals surface area contributed by atoms with Crippen LogP contribution < -0.4 is 5.32 Å². The molecule has 1 aromatic rings. The van der Waals surface area contributed by atoms with Crippen molar-refractivity contribution in [1.82, 2.24) is 5.32 Å². The van der Waals surface area contributed by atoms with Gasteiger partial charge in [0.05, 0.1) is 18.8 Å². The van der Waals surface area contributed by atoms with Crippen LogP contribution in [0.4, 0.5) is 0 Å². The van der Waals surface area contributed by atoms with Gasteiger partial charge in [-0.2, -0.15) is 0 Å². The Morgan fingerprint density at radius 2 is 1.89 bits per heavy atom. The smallest absolute Gasteiger partial charge is 0.0898 e. The number of aliphatic hydroxyl groups is 1. The van der Waals surface area contributed by atoms with Crippen molar-refractivity contribution in [3.63, 3.8) is 0 Å². The van der Waals surface area contributed by atoms with Gasteiger partial charge in [-0.3, -0.25) is 0 Å². The van der Waals surface area contributed by atoms with Crippen LogP contribution in [-0.2, 0) is 4.74 Å². The quantitative estimate of drug-likeness (QED) is 0.759. The summed E-state index contributed by atoms with van der Waals surface area (Å²) in [5.41, 5.74) is 1.20. The topological polar surface area (TPSA) is 41.5 Å². The molecule has 0 fully saturated rings. The summed E-state index contributed by atoms with van der Waals surface area (Å²) in [5.74, 6) is 0. The zero-order valence-corrected chi connectivity index (χ0v) is 12.5. The van der Waals surface area contributed by atoms with Gasteiger partial charge in [-0.25, -0.2) is 0 Å². The third kappa shape index (κ3) is 6.19. The first-order valence-corrected chi connectivity index (χ1v) is 7.04. The number of ether oxygens (including phenoxy) is 1. The lowest BCUT2D eigenvalue weighted by atomic mass is 10.0. The molecule has 2 atom stereocenters. The zero-order valence-electron chi connectivity index (χ0n) is 12.5. The molecule has 0 aliphatic rings. The van der Waals surface area contributed by atoms with Crippen molar-refractivity contribution in [2.45, 2.75) is 51.9 Å². The summed E-state index contributed by atoms with van der Waals surface area (Å²) < 4.78 is 5.70. The molecule has 3 nitrogen and oxygen atoms in total. The lowest BCUT2D eigenvalue weighted by Gasteiger charge is -2.26. The molecule has 2 unspecified atom stereocenters. The summed E-state index contributed by atoms with van der Waals surface area (Å²) in [6, 6.07) is 10.1. The van der Waals surface area contributed by atoms with Crippen LogP contribution in [0.3, 0.4) is 0 Å². The standard InChI is InChI=1S/C16H27NO2/c1-5-16(3,4)17-11-15(18)12-19-13(2)14-9-7-6-8-10-14/h6-10,13,15,17-18H,5,11-12H2,1-4H3. The van der Waals surface area contributed by atoms with E-state index in [2.05, 4.69) is 26.1 Å². The molecule has 0 heterocycles. The molecule has 0 aliphatic heterocycles. The van der Waals surface area contributed by atoms with Gasteiger partial charge in [0.2, 0.25) is 0 Å². The molecule has 0 saturated carbocycles. The largest absolute Gasteiger partial charge is 0.389 e. The highest BCUT2D eigenvalue weighted by Gasteiger charge is 2.16. The molecule has 1 rings (SSSR count). The Hall–Kier alpha value is -0.900. The first kappa shape index (κ1) is 16.2. The van der Waals surface area contributed by atoms with Crippen LogP contribution in [0.1, 0.15) is 45.8 Å². The fourth-order valence-electron chi connectivity index (χ4n) is 1.65. The zero-order chi connectivity index (χ0) is 14.3. The van der Waals surface area contributed by atoms with E-state index in [-0.39, 0.29) is 11.6 Å². The number of nitrogens with one attached hydrogen (secondary N) is 1. The summed E-state index contributed by atoms with van der Waals surface area (Å²) in [4.78, 5) is 0. The molecular formula is C16H27NO2. The predicted molar refractivity (Wildman–Crippen MR) is 79.2 cm³/mol. The lowest BCUT2D eigenvalue weighted by molar-refractivity contribution is -0.00424. The van der Waals surface area contributed by atoms with Crippen LogP contribution in [0, 0.1) is 0 Å². The van der Waals surface area contributed by atoms with Gasteiger partial charge < -0.3 is 15.2 Å². The number of rotatable bonds is 8. The molecular weight excluding hydrogens is 238 g/mol. The number of aliphatic hydroxyl groups excluding tert-OH is 1. The second kappa shape index (κ2) is 7.63. The average Bonchev–Trinajstić information content (AvgIpc) is 2.43. The van der Waals surface area contributed by atoms with Gasteiger partial charge in [-0.1, -0.05) is 37.3 Å². The van der Waals surface area contributed by atoms with Gasteiger partial charge in [0, 0.05) is 12.1 Å². The van der Waals surface area contributed by atoms with Gasteiger partial charge in [-0.15, -0.1) is 0 Å². The molecule has 19 heavy (non-hydrogen) atoms. The maximum atomic E-state index is 9.92. The number of β-amino-alcohol motifs (C(OH)–C–C–N with tert-alkyl or cyclic N) is 1. The van der Waals surface area contributed by atoms with Crippen molar-refractivity contribution in [1.29, 1.82) is 0 Å². The molecule has 3 heteroatoms. The van der Waals surface area contributed by atoms with E-state index in [0.717, 1.165) is 12.0 Å². The van der Waals surface area contributed by atoms with E-state index in [1.807, 2.05) is 37.3 Å². The Morgan fingerprint density at radius 3 is 2.47 bits per heavy atom. The molecule has 0 aliphatic carbocycles. The highest BCUT2D eigenvalue weighted by molar-refractivity contribution is 5.16. The summed E-state index contributed by atoms with van der Waals surface area (Å²) in [7, 11) is 0. The third-order valence-electron chi connectivity index (χ3n) is 3.51. The number of benzene rings is 1. The maximum absolute atomic E-state index is 9.92. The molecule has 0 spiro atoms. The molecule has 0 radical (unpaired) electrons. The van der Waals surface area contributed by atoms with E-state index in [1.165, 1.54) is 0 Å². The van der Waals surface area contributed by atoms with Crippen LogP contribution in [0.2, 0.25) is 0 Å². The maximum Gasteiger partial charge on any atom is 0.0898 e. The van der Waals surface area contributed by atoms with Crippen LogP contribution >= 0.6 is 0 Å². The Morgan fingerprint density at radius 1 is 1.26 bits per heavy atom. The van der Waals surface area contributed by atoms with Gasteiger partial charge in [-0.05, 0) is 32.8 Å². The highest BCUT2D eigenvalue weighted by Crippen LogP contribution is 2.16. The normalized spacial score (nSPS) is 15.2. The van der Waals surface area contributed by atoms with E-state index in [1.54, 1.807) is 0 Å². The van der Waals surface area contributed by atoms with Crippen molar-refractivity contribution in [3.05, 3.63) is 35.9 Å². The minimum Gasteiger partial charge on any atom is -0.389 e. The van der Waals surface area contributed by atoms with Gasteiger partial charge in [0.15, 0.2) is 0 Å². The lowest BCUT2D eigenvalue weighted by Crippen LogP contribution is -2.44. The molecule has 0 saturated heterocycles. The number of hydrogen-bond donors (Lipinski definition) is 2. The Balaban J connectivity index is 2.29. The average molecular weight is 265 g/mol. The molecule has 0 bridgehead atoms. The monoisotopic (exact) mass is 265 g/mol. The summed E-state index contributed by atoms with van der Waals surface area (Å²) in [6.07, 6.45) is 0.563. The number of hydrogen-bond acceptors (Lipinski definition) is 3. The van der Waals surface area contributed by atoms with E-state index >= 15 is 0 Å². The second-order valence-electron chi connectivity index (χ2n) is 5.66. The van der Waals surface area contributed by atoms with Gasteiger partial charge in [0.25, 0.3) is 0 Å². The van der Waals surface area contributed by atoms with Crippen molar-refractivity contribution >= 4 is 0 Å². The van der Waals surface area contributed by atoms with Gasteiger partial charge >= 0.3 is 0 Å². The Labute approximate surface area is 117 Å². The molecule has 108 valence electrons. The van der Waals surface area contributed by atoms with Crippen molar-refractivity contribution in [3.8, 4) is 0 Å². The van der Waals surface area contributed by atoms with E-state index in [4.69, 9.17) is 4.74 Å². The van der Waals surface area contributed by atoms with Crippen LogP contribution in [0.5, 0.6) is 0 Å². The molecule has 0 amide bonds. The second-order valence-corrected chi connectivity index (χ2v) is 5.66. The predicted octanol–water partition coefficient (Wildman–Crippen LogP) is 2.90. The highest BCUT2D eigenvalue weighted by atomic mass is 16.5. The molecule has 0 aromatic heterocycles. The first-order valence-electron chi connectivity index (χ1n) is 7.04. The van der Waals surface area contributed by atoms with Crippen LogP contribution in [-0.4, -0.2) is 29.9 Å². The molecule has 1 aromatic carbocycles. The van der Waals surface area contributed by atoms with Crippen molar-refractivity contribution < 1.29 is 9.84 Å². The van der Waals surface area contributed by atoms with Crippen LogP contribution in [0.25, 0.3) is 0 Å².